The maximum atomic E-state index is 12.9. The Kier molecular flexibility index (Phi) is 6.80. The lowest BCUT2D eigenvalue weighted by Crippen LogP contribution is -2.41. The van der Waals surface area contributed by atoms with Crippen LogP contribution in [0.4, 0.5) is 5.69 Å². The van der Waals surface area contributed by atoms with Crippen LogP contribution in [0.5, 0.6) is 5.75 Å². The lowest BCUT2D eigenvalue weighted by Gasteiger charge is -2.31. The van der Waals surface area contributed by atoms with Gasteiger partial charge in [0.2, 0.25) is 5.91 Å². The van der Waals surface area contributed by atoms with Crippen molar-refractivity contribution in [2.75, 3.05) is 25.0 Å². The Bertz CT molecular complexity index is 876. The summed E-state index contributed by atoms with van der Waals surface area (Å²) >= 11 is 0. The summed E-state index contributed by atoms with van der Waals surface area (Å²) in [5.74, 6) is 0.603. The topological polar surface area (TPSA) is 58.6 Å². The highest BCUT2D eigenvalue weighted by molar-refractivity contribution is 5.96. The van der Waals surface area contributed by atoms with E-state index in [0.717, 1.165) is 0 Å². The van der Waals surface area contributed by atoms with Crippen molar-refractivity contribution in [1.29, 1.82) is 0 Å². The van der Waals surface area contributed by atoms with E-state index in [1.165, 1.54) is 5.56 Å². The number of amides is 2. The number of nitrogens with zero attached hydrogens (tertiary/aromatic N) is 1. The maximum absolute atomic E-state index is 12.9. The number of piperidine rings is 1. The second kappa shape index (κ2) is 9.33. The fourth-order valence-electron chi connectivity index (χ4n) is 3.73. The van der Waals surface area contributed by atoms with Gasteiger partial charge in [0.25, 0.3) is 5.91 Å². The standard InChI is InChI=1S/C25H32N2O3/c1-5-30-22-9-7-6-8-21(22)26-23(28)18-14-16-27(17-15-18)24(29)19-10-12-20(13-11-19)25(2,3)4/h6-13,18H,5,14-17H2,1-4H3,(H,26,28). The van der Waals surface area contributed by atoms with Crippen molar-refractivity contribution < 1.29 is 14.3 Å². The zero-order valence-electron chi connectivity index (χ0n) is 18.4. The van der Waals surface area contributed by atoms with Crippen LogP contribution >= 0.6 is 0 Å². The first-order valence-corrected chi connectivity index (χ1v) is 10.7. The normalized spacial score (nSPS) is 15.0. The molecular formula is C25H32N2O3. The van der Waals surface area contributed by atoms with Gasteiger partial charge in [-0.05, 0) is 55.0 Å². The molecule has 0 bridgehead atoms. The second-order valence-electron chi connectivity index (χ2n) is 8.81. The predicted octanol–water partition coefficient (Wildman–Crippen LogP) is 4.87. The first-order valence-electron chi connectivity index (χ1n) is 10.7. The zero-order chi connectivity index (χ0) is 21.7. The first-order chi connectivity index (χ1) is 14.3. The lowest BCUT2D eigenvalue weighted by atomic mass is 9.86. The fraction of sp³-hybridized carbons (Fsp3) is 0.440. The summed E-state index contributed by atoms with van der Waals surface area (Å²) in [7, 11) is 0. The van der Waals surface area contributed by atoms with Gasteiger partial charge < -0.3 is 15.0 Å². The Morgan fingerprint density at radius 3 is 2.27 bits per heavy atom. The summed E-state index contributed by atoms with van der Waals surface area (Å²) in [4.78, 5) is 27.4. The molecule has 0 atom stereocenters. The van der Waals surface area contributed by atoms with E-state index in [-0.39, 0.29) is 23.1 Å². The quantitative estimate of drug-likeness (QED) is 0.768. The van der Waals surface area contributed by atoms with Crippen molar-refractivity contribution in [2.24, 2.45) is 5.92 Å². The number of nitrogens with one attached hydrogen (secondary N) is 1. The highest BCUT2D eigenvalue weighted by Gasteiger charge is 2.28. The molecule has 2 amide bonds. The van der Waals surface area contributed by atoms with Gasteiger partial charge in [-0.15, -0.1) is 0 Å². The van der Waals surface area contributed by atoms with Crippen LogP contribution in [0, 0.1) is 5.92 Å². The number of para-hydroxylation sites is 2. The van der Waals surface area contributed by atoms with Gasteiger partial charge in [0, 0.05) is 24.6 Å². The van der Waals surface area contributed by atoms with Gasteiger partial charge in [-0.2, -0.15) is 0 Å². The van der Waals surface area contributed by atoms with Crippen LogP contribution in [0.1, 0.15) is 56.5 Å². The van der Waals surface area contributed by atoms with Gasteiger partial charge in [0.15, 0.2) is 0 Å². The highest BCUT2D eigenvalue weighted by atomic mass is 16.5. The number of carbonyl (C=O) groups excluding carboxylic acids is 2. The van der Waals surface area contributed by atoms with Crippen LogP contribution in [0.3, 0.4) is 0 Å². The molecule has 160 valence electrons. The summed E-state index contributed by atoms with van der Waals surface area (Å²) in [5.41, 5.74) is 2.67. The molecule has 0 spiro atoms. The van der Waals surface area contributed by atoms with Crippen LogP contribution in [0.2, 0.25) is 0 Å². The van der Waals surface area contributed by atoms with Crippen LogP contribution in [-0.4, -0.2) is 36.4 Å². The third kappa shape index (κ3) is 5.21. The minimum Gasteiger partial charge on any atom is -0.492 e. The number of carbonyl (C=O) groups is 2. The second-order valence-corrected chi connectivity index (χ2v) is 8.81. The fourth-order valence-corrected chi connectivity index (χ4v) is 3.73. The SMILES string of the molecule is CCOc1ccccc1NC(=O)C1CCN(C(=O)c2ccc(C(C)(C)C)cc2)CC1. The van der Waals surface area contributed by atoms with E-state index in [1.54, 1.807) is 0 Å². The molecule has 30 heavy (non-hydrogen) atoms. The molecule has 1 saturated heterocycles. The molecule has 0 saturated carbocycles. The molecule has 2 aromatic rings. The largest absolute Gasteiger partial charge is 0.492 e. The Balaban J connectivity index is 1.56. The number of rotatable bonds is 5. The molecular weight excluding hydrogens is 376 g/mol. The van der Waals surface area contributed by atoms with Crippen molar-refractivity contribution in [3.63, 3.8) is 0 Å². The van der Waals surface area contributed by atoms with Crippen molar-refractivity contribution in [2.45, 2.75) is 46.0 Å². The van der Waals surface area contributed by atoms with Gasteiger partial charge in [0.05, 0.1) is 12.3 Å². The molecule has 5 heteroatoms. The Morgan fingerprint density at radius 2 is 1.67 bits per heavy atom. The summed E-state index contributed by atoms with van der Waals surface area (Å²) in [6.07, 6.45) is 1.32. The van der Waals surface area contributed by atoms with Crippen molar-refractivity contribution in [3.05, 3.63) is 59.7 Å². The van der Waals surface area contributed by atoms with Gasteiger partial charge in [0.1, 0.15) is 5.75 Å². The third-order valence-corrected chi connectivity index (χ3v) is 5.60. The number of anilines is 1. The number of hydrogen-bond donors (Lipinski definition) is 1. The van der Waals surface area contributed by atoms with Crippen molar-refractivity contribution in [1.82, 2.24) is 4.90 Å². The number of likely N-dealkylation sites (tertiary alicyclic amines) is 1. The molecule has 2 aromatic carbocycles. The van der Waals surface area contributed by atoms with Crippen molar-refractivity contribution in [3.8, 4) is 5.75 Å². The highest BCUT2D eigenvalue weighted by Crippen LogP contribution is 2.27. The minimum atomic E-state index is -0.105. The van der Waals surface area contributed by atoms with E-state index in [4.69, 9.17) is 4.74 Å². The smallest absolute Gasteiger partial charge is 0.253 e. The van der Waals surface area contributed by atoms with E-state index < -0.39 is 0 Å². The molecule has 1 aliphatic heterocycles. The van der Waals surface area contributed by atoms with Crippen LogP contribution in [-0.2, 0) is 10.2 Å². The van der Waals surface area contributed by atoms with E-state index in [1.807, 2.05) is 60.4 Å². The molecule has 0 radical (unpaired) electrons. The molecule has 5 nitrogen and oxygen atoms in total. The molecule has 1 heterocycles. The van der Waals surface area contributed by atoms with Crippen LogP contribution < -0.4 is 10.1 Å². The summed E-state index contributed by atoms with van der Waals surface area (Å²) in [5, 5.41) is 2.99. The van der Waals surface area contributed by atoms with Gasteiger partial charge in [-0.3, -0.25) is 9.59 Å². The van der Waals surface area contributed by atoms with E-state index >= 15 is 0 Å². The summed E-state index contributed by atoms with van der Waals surface area (Å²) in [6, 6.07) is 15.3. The number of hydrogen-bond acceptors (Lipinski definition) is 3. The molecule has 1 N–H and O–H groups in total. The van der Waals surface area contributed by atoms with Gasteiger partial charge in [-0.1, -0.05) is 45.0 Å². The van der Waals surface area contributed by atoms with Crippen LogP contribution in [0.25, 0.3) is 0 Å². The predicted molar refractivity (Wildman–Crippen MR) is 120 cm³/mol. The molecule has 1 aliphatic rings. The molecule has 0 aliphatic carbocycles. The van der Waals surface area contributed by atoms with E-state index in [9.17, 15) is 9.59 Å². The maximum Gasteiger partial charge on any atom is 0.253 e. The summed E-state index contributed by atoms with van der Waals surface area (Å²) < 4.78 is 5.58. The van der Waals surface area contributed by atoms with Gasteiger partial charge >= 0.3 is 0 Å². The molecule has 3 rings (SSSR count). The first kappa shape index (κ1) is 21.9. The summed E-state index contributed by atoms with van der Waals surface area (Å²) in [6.45, 7) is 10.1. The third-order valence-electron chi connectivity index (χ3n) is 5.60. The Labute approximate surface area is 179 Å². The van der Waals surface area contributed by atoms with Crippen LogP contribution in [0.15, 0.2) is 48.5 Å². The van der Waals surface area contributed by atoms with E-state index in [2.05, 4.69) is 26.1 Å². The molecule has 0 unspecified atom stereocenters. The van der Waals surface area contributed by atoms with Gasteiger partial charge in [-0.25, -0.2) is 0 Å². The Hall–Kier alpha value is -2.82. The monoisotopic (exact) mass is 408 g/mol. The number of benzene rings is 2. The van der Waals surface area contributed by atoms with Crippen molar-refractivity contribution >= 4 is 17.5 Å². The average molecular weight is 409 g/mol. The minimum absolute atomic E-state index is 0.0104. The average Bonchev–Trinajstić information content (AvgIpc) is 2.74. The lowest BCUT2D eigenvalue weighted by molar-refractivity contribution is -0.121. The zero-order valence-corrected chi connectivity index (χ0v) is 18.4. The van der Waals surface area contributed by atoms with E-state index in [0.29, 0.717) is 49.5 Å². The molecule has 0 aromatic heterocycles. The molecule has 1 fully saturated rings. The number of ether oxygens (including phenoxy) is 1. The Morgan fingerprint density at radius 1 is 1.03 bits per heavy atom.